The van der Waals surface area contributed by atoms with Gasteiger partial charge < -0.3 is 14.7 Å². The second kappa shape index (κ2) is 7.11. The number of carbonyl (C=O) groups is 1. The van der Waals surface area contributed by atoms with Crippen molar-refractivity contribution >= 4 is 28.6 Å². The first kappa shape index (κ1) is 15.9. The monoisotopic (exact) mass is 353 g/mol. The van der Waals surface area contributed by atoms with Crippen molar-refractivity contribution in [3.63, 3.8) is 0 Å². The van der Waals surface area contributed by atoms with E-state index in [1.807, 2.05) is 29.6 Å². The number of piperidine rings is 1. The van der Waals surface area contributed by atoms with Gasteiger partial charge in [0.2, 0.25) is 0 Å². The second-order valence-electron chi connectivity index (χ2n) is 6.10. The number of carbonyl (C=O) groups excluding carboxylic acids is 1. The molecule has 1 aliphatic rings. The smallest absolute Gasteiger partial charge is 0.277 e. The van der Waals surface area contributed by atoms with Gasteiger partial charge in [-0.25, -0.2) is 0 Å². The first-order chi connectivity index (χ1) is 12.3. The molecule has 0 unspecified atom stereocenters. The lowest BCUT2D eigenvalue weighted by Gasteiger charge is -2.28. The van der Waals surface area contributed by atoms with Crippen molar-refractivity contribution in [3.8, 4) is 10.6 Å². The van der Waals surface area contributed by atoms with Gasteiger partial charge in [0.25, 0.3) is 5.91 Å². The minimum absolute atomic E-state index is 0.266. The summed E-state index contributed by atoms with van der Waals surface area (Å²) < 4.78 is 5.26. The lowest BCUT2D eigenvalue weighted by Crippen LogP contribution is -2.29. The zero-order valence-electron chi connectivity index (χ0n) is 13.8. The van der Waals surface area contributed by atoms with Gasteiger partial charge in [-0.2, -0.15) is 0 Å². The zero-order valence-corrected chi connectivity index (χ0v) is 14.6. The molecule has 1 N–H and O–H groups in total. The number of nitrogens with zero attached hydrogens (tertiary/aromatic N) is 2. The molecule has 0 spiro atoms. The van der Waals surface area contributed by atoms with Gasteiger partial charge in [-0.15, -0.1) is 11.3 Å². The Balaban J connectivity index is 1.42. The topological polar surface area (TPSA) is 58.4 Å². The fraction of sp³-hybridized carbons (Fsp3) is 0.263. The number of amides is 1. The number of thiophene rings is 1. The quantitative estimate of drug-likeness (QED) is 0.742. The molecule has 1 aromatic carbocycles. The van der Waals surface area contributed by atoms with Crippen molar-refractivity contribution in [2.24, 2.45) is 0 Å². The molecule has 1 aliphatic heterocycles. The van der Waals surface area contributed by atoms with E-state index in [2.05, 4.69) is 27.5 Å². The Hall–Kier alpha value is -2.60. The van der Waals surface area contributed by atoms with E-state index in [1.54, 1.807) is 17.4 Å². The van der Waals surface area contributed by atoms with E-state index in [-0.39, 0.29) is 11.6 Å². The molecule has 0 radical (unpaired) electrons. The summed E-state index contributed by atoms with van der Waals surface area (Å²) in [6, 6.07) is 13.5. The number of anilines is 2. The molecule has 1 amide bonds. The summed E-state index contributed by atoms with van der Waals surface area (Å²) in [5.41, 5.74) is 2.24. The predicted octanol–water partition coefficient (Wildman–Crippen LogP) is 4.65. The van der Waals surface area contributed by atoms with Crippen molar-refractivity contribution < 1.29 is 9.32 Å². The van der Waals surface area contributed by atoms with E-state index in [0.29, 0.717) is 5.76 Å². The highest BCUT2D eigenvalue weighted by atomic mass is 32.1. The standard InChI is InChI=1S/C19H19N3O2S/c23-19(16-13-17(24-21-16)18-5-4-12-25-18)20-14-6-8-15(9-7-14)22-10-2-1-3-11-22/h4-9,12-13H,1-3,10-11H2,(H,20,23). The van der Waals surface area contributed by atoms with E-state index < -0.39 is 0 Å². The molecule has 1 fully saturated rings. The van der Waals surface area contributed by atoms with Crippen LogP contribution in [0.3, 0.4) is 0 Å². The molecule has 6 heteroatoms. The van der Waals surface area contributed by atoms with Crippen LogP contribution < -0.4 is 10.2 Å². The van der Waals surface area contributed by atoms with Crippen LogP contribution in [-0.4, -0.2) is 24.2 Å². The Morgan fingerprint density at radius 2 is 1.92 bits per heavy atom. The van der Waals surface area contributed by atoms with Crippen LogP contribution >= 0.6 is 11.3 Å². The number of hydrogen-bond acceptors (Lipinski definition) is 5. The van der Waals surface area contributed by atoms with Crippen molar-refractivity contribution in [2.75, 3.05) is 23.3 Å². The summed E-state index contributed by atoms with van der Waals surface area (Å²) in [5.74, 6) is 0.345. The average molecular weight is 353 g/mol. The van der Waals surface area contributed by atoms with Gasteiger partial charge >= 0.3 is 0 Å². The van der Waals surface area contributed by atoms with Crippen LogP contribution in [0.5, 0.6) is 0 Å². The van der Waals surface area contributed by atoms with E-state index in [9.17, 15) is 4.79 Å². The summed E-state index contributed by atoms with van der Waals surface area (Å²) in [4.78, 5) is 15.7. The third-order valence-electron chi connectivity index (χ3n) is 4.35. The van der Waals surface area contributed by atoms with Crippen LogP contribution in [0.25, 0.3) is 10.6 Å². The van der Waals surface area contributed by atoms with Crippen LogP contribution in [0.15, 0.2) is 52.4 Å². The van der Waals surface area contributed by atoms with Crippen LogP contribution in [0, 0.1) is 0 Å². The van der Waals surface area contributed by atoms with Gasteiger partial charge in [-0.3, -0.25) is 4.79 Å². The molecule has 4 rings (SSSR count). The summed E-state index contributed by atoms with van der Waals surface area (Å²) in [5, 5.41) is 8.70. The van der Waals surface area contributed by atoms with Gasteiger partial charge in [-0.05, 0) is 55.0 Å². The van der Waals surface area contributed by atoms with E-state index in [1.165, 1.54) is 24.9 Å². The van der Waals surface area contributed by atoms with Crippen LogP contribution in [-0.2, 0) is 0 Å². The molecule has 128 valence electrons. The summed E-state index contributed by atoms with van der Waals surface area (Å²) in [6.45, 7) is 2.21. The summed E-state index contributed by atoms with van der Waals surface area (Å²) in [6.07, 6.45) is 3.81. The first-order valence-corrected chi connectivity index (χ1v) is 9.34. The third-order valence-corrected chi connectivity index (χ3v) is 5.24. The number of hydrogen-bond donors (Lipinski definition) is 1. The minimum Gasteiger partial charge on any atom is -0.372 e. The Morgan fingerprint density at radius 1 is 1.12 bits per heavy atom. The Kier molecular flexibility index (Phi) is 4.52. The van der Waals surface area contributed by atoms with Crippen molar-refractivity contribution in [1.29, 1.82) is 0 Å². The number of benzene rings is 1. The summed E-state index contributed by atoms with van der Waals surface area (Å²) in [7, 11) is 0. The minimum atomic E-state index is -0.266. The molecule has 25 heavy (non-hydrogen) atoms. The Morgan fingerprint density at radius 3 is 2.64 bits per heavy atom. The molecular weight excluding hydrogens is 334 g/mol. The number of rotatable bonds is 4. The Bertz CT molecular complexity index is 834. The van der Waals surface area contributed by atoms with E-state index in [0.717, 1.165) is 23.7 Å². The van der Waals surface area contributed by atoms with Crippen molar-refractivity contribution in [3.05, 3.63) is 53.5 Å². The normalized spacial score (nSPS) is 14.5. The highest BCUT2D eigenvalue weighted by molar-refractivity contribution is 7.13. The maximum Gasteiger partial charge on any atom is 0.277 e. The van der Waals surface area contributed by atoms with Crippen LogP contribution in [0.4, 0.5) is 11.4 Å². The molecule has 0 bridgehead atoms. The number of aromatic nitrogens is 1. The molecule has 3 heterocycles. The van der Waals surface area contributed by atoms with Gasteiger partial charge in [0, 0.05) is 30.5 Å². The lowest BCUT2D eigenvalue weighted by atomic mass is 10.1. The average Bonchev–Trinajstić information content (AvgIpc) is 3.35. The van der Waals surface area contributed by atoms with Gasteiger partial charge in [0.05, 0.1) is 4.88 Å². The molecule has 5 nitrogen and oxygen atoms in total. The fourth-order valence-corrected chi connectivity index (χ4v) is 3.69. The molecule has 0 aliphatic carbocycles. The van der Waals surface area contributed by atoms with Crippen LogP contribution in [0.1, 0.15) is 29.8 Å². The van der Waals surface area contributed by atoms with E-state index in [4.69, 9.17) is 4.52 Å². The summed E-state index contributed by atoms with van der Waals surface area (Å²) >= 11 is 1.55. The highest BCUT2D eigenvalue weighted by Crippen LogP contribution is 2.26. The van der Waals surface area contributed by atoms with Gasteiger partial charge in [0.15, 0.2) is 11.5 Å². The predicted molar refractivity (Wildman–Crippen MR) is 100 cm³/mol. The molecule has 1 saturated heterocycles. The second-order valence-corrected chi connectivity index (χ2v) is 7.05. The first-order valence-electron chi connectivity index (χ1n) is 8.46. The SMILES string of the molecule is O=C(Nc1ccc(N2CCCCC2)cc1)c1cc(-c2cccs2)on1. The maximum atomic E-state index is 12.3. The maximum absolute atomic E-state index is 12.3. The lowest BCUT2D eigenvalue weighted by molar-refractivity contribution is 0.101. The molecular formula is C19H19N3O2S. The van der Waals surface area contributed by atoms with E-state index >= 15 is 0 Å². The van der Waals surface area contributed by atoms with Gasteiger partial charge in [-0.1, -0.05) is 11.2 Å². The molecule has 0 saturated carbocycles. The molecule has 3 aromatic rings. The van der Waals surface area contributed by atoms with Gasteiger partial charge in [0.1, 0.15) is 0 Å². The highest BCUT2D eigenvalue weighted by Gasteiger charge is 2.15. The molecule has 0 atom stereocenters. The van der Waals surface area contributed by atoms with Crippen LogP contribution in [0.2, 0.25) is 0 Å². The van der Waals surface area contributed by atoms with Crippen molar-refractivity contribution in [2.45, 2.75) is 19.3 Å². The fourth-order valence-electron chi connectivity index (χ4n) is 3.02. The molecule has 2 aromatic heterocycles. The Labute approximate surface area is 150 Å². The van der Waals surface area contributed by atoms with Crippen molar-refractivity contribution in [1.82, 2.24) is 5.16 Å². The zero-order chi connectivity index (χ0) is 17.1. The third kappa shape index (κ3) is 3.58. The largest absolute Gasteiger partial charge is 0.372 e. The number of nitrogens with one attached hydrogen (secondary N) is 1.